The standard InChI is InChI=1S/C24H30N2O4S/c1-8-11-26(18(5)14-23(27)28)22-10-9-21(13-17(22)4)25-31(29,30)24-19(6)15(2)12-16(3)20(24)7/h1,9-10,12-13,18,25H,11,14H2,2-7H3,(H,27,28)/t18-/m0/s1. The van der Waals surface area contributed by atoms with Crippen molar-refractivity contribution in [3.8, 4) is 12.3 Å². The number of carbonyl (C=O) groups is 1. The van der Waals surface area contributed by atoms with Crippen molar-refractivity contribution in [1.29, 1.82) is 0 Å². The zero-order chi connectivity index (χ0) is 23.5. The van der Waals surface area contributed by atoms with Crippen LogP contribution in [0.3, 0.4) is 0 Å². The molecular formula is C24H30N2O4S. The first-order valence-corrected chi connectivity index (χ1v) is 11.5. The molecule has 0 amide bonds. The molecule has 2 aromatic rings. The fourth-order valence-corrected chi connectivity index (χ4v) is 5.44. The minimum atomic E-state index is -3.79. The molecule has 0 heterocycles. The summed E-state index contributed by atoms with van der Waals surface area (Å²) in [7, 11) is -3.79. The number of carboxylic acid groups (broad SMARTS) is 1. The van der Waals surface area contributed by atoms with Crippen LogP contribution in [-0.2, 0) is 14.8 Å². The van der Waals surface area contributed by atoms with Crippen LogP contribution in [0.1, 0.15) is 41.2 Å². The highest BCUT2D eigenvalue weighted by molar-refractivity contribution is 7.92. The molecule has 2 aromatic carbocycles. The van der Waals surface area contributed by atoms with Crippen LogP contribution in [-0.4, -0.2) is 32.1 Å². The molecule has 2 N–H and O–H groups in total. The molecule has 0 aliphatic heterocycles. The van der Waals surface area contributed by atoms with Gasteiger partial charge < -0.3 is 10.0 Å². The van der Waals surface area contributed by atoms with Gasteiger partial charge in [0.25, 0.3) is 10.0 Å². The highest BCUT2D eigenvalue weighted by Gasteiger charge is 2.23. The average molecular weight is 443 g/mol. The SMILES string of the molecule is C#CCN(c1ccc(NS(=O)(=O)c2c(C)c(C)cc(C)c2C)cc1C)[C@@H](C)CC(=O)O. The largest absolute Gasteiger partial charge is 0.481 e. The summed E-state index contributed by atoms with van der Waals surface area (Å²) in [4.78, 5) is 13.3. The lowest BCUT2D eigenvalue weighted by Gasteiger charge is -2.30. The fraction of sp³-hybridized carbons (Fsp3) is 0.375. The number of sulfonamides is 1. The molecule has 7 heteroatoms. The van der Waals surface area contributed by atoms with Gasteiger partial charge in [-0.2, -0.15) is 0 Å². The first kappa shape index (κ1) is 24.3. The maximum atomic E-state index is 13.2. The van der Waals surface area contributed by atoms with Crippen molar-refractivity contribution in [3.05, 3.63) is 52.1 Å². The molecule has 0 unspecified atom stereocenters. The Morgan fingerprint density at radius 3 is 2.16 bits per heavy atom. The molecule has 0 saturated heterocycles. The van der Waals surface area contributed by atoms with Gasteiger partial charge in [-0.25, -0.2) is 8.42 Å². The van der Waals surface area contributed by atoms with E-state index in [9.17, 15) is 13.2 Å². The highest BCUT2D eigenvalue weighted by Crippen LogP contribution is 2.30. The second-order valence-corrected chi connectivity index (χ2v) is 9.59. The van der Waals surface area contributed by atoms with Crippen molar-refractivity contribution < 1.29 is 18.3 Å². The van der Waals surface area contributed by atoms with E-state index in [-0.39, 0.29) is 19.0 Å². The third kappa shape index (κ3) is 5.39. The molecule has 0 aliphatic rings. The van der Waals surface area contributed by atoms with Crippen molar-refractivity contribution in [2.45, 2.75) is 58.9 Å². The van der Waals surface area contributed by atoms with Crippen LogP contribution < -0.4 is 9.62 Å². The summed E-state index contributed by atoms with van der Waals surface area (Å²) in [5, 5.41) is 9.13. The highest BCUT2D eigenvalue weighted by atomic mass is 32.2. The summed E-state index contributed by atoms with van der Waals surface area (Å²) in [6.45, 7) is 11.3. The molecule has 6 nitrogen and oxygen atoms in total. The number of aryl methyl sites for hydroxylation is 3. The number of anilines is 2. The van der Waals surface area contributed by atoms with Crippen LogP contribution in [0, 0.1) is 47.0 Å². The first-order chi connectivity index (χ1) is 14.4. The van der Waals surface area contributed by atoms with Gasteiger partial charge in [0, 0.05) is 17.4 Å². The van der Waals surface area contributed by atoms with Crippen molar-refractivity contribution in [1.82, 2.24) is 0 Å². The van der Waals surface area contributed by atoms with Gasteiger partial charge in [-0.05, 0) is 87.6 Å². The normalized spacial score (nSPS) is 12.2. The summed E-state index contributed by atoms with van der Waals surface area (Å²) in [6.07, 6.45) is 5.43. The van der Waals surface area contributed by atoms with Gasteiger partial charge in [-0.15, -0.1) is 6.42 Å². The van der Waals surface area contributed by atoms with E-state index < -0.39 is 16.0 Å². The van der Waals surface area contributed by atoms with Gasteiger partial charge in [0.15, 0.2) is 0 Å². The molecule has 0 spiro atoms. The molecule has 31 heavy (non-hydrogen) atoms. The Morgan fingerprint density at radius 1 is 1.10 bits per heavy atom. The molecule has 0 radical (unpaired) electrons. The minimum Gasteiger partial charge on any atom is -0.481 e. The van der Waals surface area contributed by atoms with Gasteiger partial charge >= 0.3 is 5.97 Å². The molecule has 0 bridgehead atoms. The fourth-order valence-electron chi connectivity index (χ4n) is 3.77. The number of terminal acetylenes is 1. The Kier molecular flexibility index (Phi) is 7.40. The van der Waals surface area contributed by atoms with E-state index >= 15 is 0 Å². The molecule has 1 atom stereocenters. The monoisotopic (exact) mass is 442 g/mol. The quantitative estimate of drug-likeness (QED) is 0.594. The van der Waals surface area contributed by atoms with Crippen LogP contribution in [0.4, 0.5) is 11.4 Å². The van der Waals surface area contributed by atoms with E-state index in [0.717, 1.165) is 33.5 Å². The van der Waals surface area contributed by atoms with Gasteiger partial charge in [0.05, 0.1) is 17.9 Å². The second-order valence-electron chi connectivity index (χ2n) is 7.98. The Balaban J connectivity index is 2.42. The molecule has 166 valence electrons. The lowest BCUT2D eigenvalue weighted by molar-refractivity contribution is -0.137. The Labute approximate surface area is 185 Å². The maximum Gasteiger partial charge on any atom is 0.305 e. The molecule has 0 fully saturated rings. The number of hydrogen-bond acceptors (Lipinski definition) is 4. The van der Waals surface area contributed by atoms with E-state index in [1.54, 1.807) is 25.1 Å². The maximum absolute atomic E-state index is 13.2. The zero-order valence-electron chi connectivity index (χ0n) is 18.9. The lowest BCUT2D eigenvalue weighted by Crippen LogP contribution is -2.35. The summed E-state index contributed by atoms with van der Waals surface area (Å²) < 4.78 is 29.1. The molecule has 0 saturated carbocycles. The zero-order valence-corrected chi connectivity index (χ0v) is 19.7. The van der Waals surface area contributed by atoms with Gasteiger partial charge in [-0.3, -0.25) is 9.52 Å². The lowest BCUT2D eigenvalue weighted by atomic mass is 10.0. The Hall–Kier alpha value is -2.98. The number of nitrogens with zero attached hydrogens (tertiary/aromatic N) is 1. The molecule has 0 aromatic heterocycles. The smallest absolute Gasteiger partial charge is 0.305 e. The number of aliphatic carboxylic acids is 1. The van der Waals surface area contributed by atoms with Crippen molar-refractivity contribution in [2.75, 3.05) is 16.2 Å². The van der Waals surface area contributed by atoms with Crippen LogP contribution in [0.2, 0.25) is 0 Å². The third-order valence-corrected chi connectivity index (χ3v) is 7.24. The number of hydrogen-bond donors (Lipinski definition) is 2. The van der Waals surface area contributed by atoms with E-state index in [4.69, 9.17) is 11.5 Å². The van der Waals surface area contributed by atoms with Crippen molar-refractivity contribution in [3.63, 3.8) is 0 Å². The summed E-state index contributed by atoms with van der Waals surface area (Å²) in [5.41, 5.74) is 5.30. The number of benzene rings is 2. The first-order valence-electron chi connectivity index (χ1n) is 10.0. The van der Waals surface area contributed by atoms with Crippen LogP contribution in [0.25, 0.3) is 0 Å². The molecule has 0 aliphatic carbocycles. The van der Waals surface area contributed by atoms with Gasteiger partial charge in [-0.1, -0.05) is 12.0 Å². The Bertz CT molecular complexity index is 1120. The number of rotatable bonds is 8. The molecular weight excluding hydrogens is 412 g/mol. The predicted octanol–water partition coefficient (Wildman–Crippen LogP) is 4.33. The minimum absolute atomic E-state index is 0.0548. The van der Waals surface area contributed by atoms with Crippen LogP contribution in [0.15, 0.2) is 29.2 Å². The summed E-state index contributed by atoms with van der Waals surface area (Å²) >= 11 is 0. The topological polar surface area (TPSA) is 86.7 Å². The van der Waals surface area contributed by atoms with E-state index in [1.165, 1.54) is 0 Å². The van der Waals surface area contributed by atoms with Gasteiger partial charge in [0.1, 0.15) is 0 Å². The van der Waals surface area contributed by atoms with Crippen molar-refractivity contribution >= 4 is 27.4 Å². The molecule has 2 rings (SSSR count). The summed E-state index contributed by atoms with van der Waals surface area (Å²) in [6, 6.07) is 6.85. The second kappa shape index (κ2) is 9.44. The van der Waals surface area contributed by atoms with Crippen LogP contribution in [0.5, 0.6) is 0 Å². The Morgan fingerprint density at radius 2 is 1.68 bits per heavy atom. The van der Waals surface area contributed by atoms with Crippen molar-refractivity contribution in [2.24, 2.45) is 0 Å². The van der Waals surface area contributed by atoms with E-state index in [0.29, 0.717) is 10.6 Å². The average Bonchev–Trinajstić information content (AvgIpc) is 2.64. The third-order valence-electron chi connectivity index (χ3n) is 5.59. The number of nitrogens with one attached hydrogen (secondary N) is 1. The van der Waals surface area contributed by atoms with Gasteiger partial charge in [0.2, 0.25) is 0 Å². The predicted molar refractivity (Wildman–Crippen MR) is 125 cm³/mol. The number of carboxylic acids is 1. The summed E-state index contributed by atoms with van der Waals surface area (Å²) in [5.74, 6) is 1.66. The van der Waals surface area contributed by atoms with E-state index in [1.807, 2.05) is 45.6 Å². The van der Waals surface area contributed by atoms with Crippen LogP contribution >= 0.6 is 0 Å². The van der Waals surface area contributed by atoms with E-state index in [2.05, 4.69) is 10.6 Å².